The Kier molecular flexibility index (Phi) is 1.80. The molecule has 0 heterocycles. The van der Waals surface area contributed by atoms with Crippen LogP contribution in [0.3, 0.4) is 0 Å². The Morgan fingerprint density at radius 1 is 1.12 bits per heavy atom. The molecule has 0 aliphatic heterocycles. The van der Waals surface area contributed by atoms with E-state index in [2.05, 4.69) is 12.6 Å². The van der Waals surface area contributed by atoms with Crippen molar-refractivity contribution in [1.82, 2.24) is 0 Å². The first-order chi connectivity index (χ1) is 3.70. The van der Waals surface area contributed by atoms with Gasteiger partial charge in [0.2, 0.25) is 0 Å². The van der Waals surface area contributed by atoms with E-state index in [9.17, 15) is 0 Å². The molecule has 0 aromatic heterocycles. The van der Waals surface area contributed by atoms with Crippen molar-refractivity contribution in [3.8, 4) is 0 Å². The van der Waals surface area contributed by atoms with E-state index in [4.69, 9.17) is 10.2 Å². The SMILES string of the molecule is O[C@@H]1CC(S)C[C@@H]1O. The molecule has 3 heteroatoms. The Labute approximate surface area is 53.9 Å². The average molecular weight is 134 g/mol. The molecule has 0 saturated heterocycles. The minimum Gasteiger partial charge on any atom is -0.390 e. The van der Waals surface area contributed by atoms with Gasteiger partial charge in [0.25, 0.3) is 0 Å². The lowest BCUT2D eigenvalue weighted by atomic mass is 10.3. The molecule has 0 spiro atoms. The Bertz CT molecular complexity index is 76.5. The van der Waals surface area contributed by atoms with Crippen molar-refractivity contribution < 1.29 is 10.2 Å². The molecule has 1 aliphatic carbocycles. The largest absolute Gasteiger partial charge is 0.390 e. The van der Waals surface area contributed by atoms with Gasteiger partial charge in [0.05, 0.1) is 12.2 Å². The minimum absolute atomic E-state index is 0.194. The molecule has 0 aromatic rings. The van der Waals surface area contributed by atoms with Gasteiger partial charge in [-0.15, -0.1) is 0 Å². The summed E-state index contributed by atoms with van der Waals surface area (Å²) in [5.74, 6) is 0. The fourth-order valence-electron chi connectivity index (χ4n) is 0.968. The lowest BCUT2D eigenvalue weighted by Gasteiger charge is -2.03. The van der Waals surface area contributed by atoms with Crippen molar-refractivity contribution in [2.75, 3.05) is 0 Å². The van der Waals surface area contributed by atoms with Crippen LogP contribution >= 0.6 is 12.6 Å². The summed E-state index contributed by atoms with van der Waals surface area (Å²) in [7, 11) is 0. The highest BCUT2D eigenvalue weighted by molar-refractivity contribution is 7.81. The maximum Gasteiger partial charge on any atom is 0.0810 e. The third-order valence-corrected chi connectivity index (χ3v) is 1.89. The van der Waals surface area contributed by atoms with E-state index in [1.54, 1.807) is 0 Å². The van der Waals surface area contributed by atoms with E-state index >= 15 is 0 Å². The lowest BCUT2D eigenvalue weighted by molar-refractivity contribution is 0.0438. The van der Waals surface area contributed by atoms with Crippen LogP contribution < -0.4 is 0 Å². The Morgan fingerprint density at radius 3 is 1.62 bits per heavy atom. The Balaban J connectivity index is 2.39. The standard InChI is InChI=1S/C5H10O2S/c6-4-1-3(8)2-5(4)7/h3-8H,1-2H2/t3?,4-,5+. The van der Waals surface area contributed by atoms with Gasteiger partial charge in [-0.3, -0.25) is 0 Å². The fraction of sp³-hybridized carbons (Fsp3) is 1.00. The summed E-state index contributed by atoms with van der Waals surface area (Å²) >= 11 is 4.09. The zero-order valence-electron chi connectivity index (χ0n) is 4.49. The van der Waals surface area contributed by atoms with Crippen LogP contribution in [0, 0.1) is 0 Å². The molecule has 1 aliphatic rings. The average Bonchev–Trinajstić information content (AvgIpc) is 1.85. The topological polar surface area (TPSA) is 40.5 Å². The van der Waals surface area contributed by atoms with Crippen LogP contribution in [0.25, 0.3) is 0 Å². The summed E-state index contributed by atoms with van der Waals surface area (Å²) in [5, 5.41) is 17.9. The van der Waals surface area contributed by atoms with Crippen molar-refractivity contribution >= 4 is 12.6 Å². The Morgan fingerprint density at radius 2 is 1.50 bits per heavy atom. The van der Waals surface area contributed by atoms with Crippen LogP contribution in [0.15, 0.2) is 0 Å². The van der Waals surface area contributed by atoms with E-state index in [1.807, 2.05) is 0 Å². The highest BCUT2D eigenvalue weighted by Crippen LogP contribution is 2.23. The van der Waals surface area contributed by atoms with Gasteiger partial charge >= 0.3 is 0 Å². The first kappa shape index (κ1) is 6.39. The molecule has 2 N–H and O–H groups in total. The van der Waals surface area contributed by atoms with E-state index < -0.39 is 12.2 Å². The quantitative estimate of drug-likeness (QED) is 0.402. The van der Waals surface area contributed by atoms with E-state index in [0.29, 0.717) is 12.8 Å². The number of hydrogen-bond donors (Lipinski definition) is 3. The number of hydrogen-bond acceptors (Lipinski definition) is 3. The van der Waals surface area contributed by atoms with Crippen LogP contribution in [0.1, 0.15) is 12.8 Å². The molecule has 0 radical (unpaired) electrons. The summed E-state index contributed by atoms with van der Waals surface area (Å²) in [6, 6.07) is 0. The predicted molar refractivity (Wildman–Crippen MR) is 34.0 cm³/mol. The van der Waals surface area contributed by atoms with Crippen LogP contribution in [-0.4, -0.2) is 27.7 Å². The van der Waals surface area contributed by atoms with E-state index in [0.717, 1.165) is 0 Å². The molecule has 8 heavy (non-hydrogen) atoms. The van der Waals surface area contributed by atoms with Gasteiger partial charge in [-0.05, 0) is 12.8 Å². The molecule has 0 amide bonds. The summed E-state index contributed by atoms with van der Waals surface area (Å²) < 4.78 is 0. The van der Waals surface area contributed by atoms with Gasteiger partial charge in [-0.25, -0.2) is 0 Å². The minimum atomic E-state index is -0.530. The fourth-order valence-corrected chi connectivity index (χ4v) is 1.40. The molecule has 3 atom stereocenters. The van der Waals surface area contributed by atoms with Crippen molar-refractivity contribution in [2.24, 2.45) is 0 Å². The molecule has 0 aromatic carbocycles. The van der Waals surface area contributed by atoms with Crippen molar-refractivity contribution in [1.29, 1.82) is 0 Å². The van der Waals surface area contributed by atoms with Crippen LogP contribution in [0.5, 0.6) is 0 Å². The van der Waals surface area contributed by atoms with Gasteiger partial charge in [-0.1, -0.05) is 0 Å². The Hall–Kier alpha value is 0.270. The van der Waals surface area contributed by atoms with Gasteiger partial charge in [0, 0.05) is 5.25 Å². The maximum absolute atomic E-state index is 8.87. The molecule has 1 unspecified atom stereocenters. The molecule has 1 rings (SSSR count). The zero-order chi connectivity index (χ0) is 6.15. The van der Waals surface area contributed by atoms with Gasteiger partial charge < -0.3 is 10.2 Å². The first-order valence-corrected chi connectivity index (χ1v) is 3.26. The first-order valence-electron chi connectivity index (χ1n) is 2.74. The smallest absolute Gasteiger partial charge is 0.0810 e. The highest BCUT2D eigenvalue weighted by Gasteiger charge is 2.28. The molecule has 1 saturated carbocycles. The zero-order valence-corrected chi connectivity index (χ0v) is 5.38. The number of rotatable bonds is 0. The molecule has 48 valence electrons. The second-order valence-corrected chi connectivity index (χ2v) is 2.99. The molecule has 0 bridgehead atoms. The van der Waals surface area contributed by atoms with Crippen LogP contribution in [0.4, 0.5) is 0 Å². The second kappa shape index (κ2) is 2.25. The summed E-state index contributed by atoms with van der Waals surface area (Å²) in [6.45, 7) is 0. The number of aliphatic hydroxyl groups is 2. The number of aliphatic hydroxyl groups excluding tert-OH is 2. The lowest BCUT2D eigenvalue weighted by Crippen LogP contribution is -2.17. The molecule has 2 nitrogen and oxygen atoms in total. The molecular formula is C5H10O2S. The normalized spacial score (nSPS) is 47.6. The van der Waals surface area contributed by atoms with Crippen molar-refractivity contribution in [3.05, 3.63) is 0 Å². The van der Waals surface area contributed by atoms with Crippen LogP contribution in [-0.2, 0) is 0 Å². The van der Waals surface area contributed by atoms with Gasteiger partial charge in [0.1, 0.15) is 0 Å². The summed E-state index contributed by atoms with van der Waals surface area (Å²) in [4.78, 5) is 0. The van der Waals surface area contributed by atoms with Gasteiger partial charge in [-0.2, -0.15) is 12.6 Å². The highest BCUT2D eigenvalue weighted by atomic mass is 32.1. The monoisotopic (exact) mass is 134 g/mol. The maximum atomic E-state index is 8.87. The molecule has 1 fully saturated rings. The predicted octanol–water partition coefficient (Wildman–Crippen LogP) is -0.200. The second-order valence-electron chi connectivity index (χ2n) is 2.26. The third-order valence-electron chi connectivity index (χ3n) is 1.47. The van der Waals surface area contributed by atoms with E-state index in [1.165, 1.54) is 0 Å². The van der Waals surface area contributed by atoms with Crippen LogP contribution in [0.2, 0.25) is 0 Å². The van der Waals surface area contributed by atoms with E-state index in [-0.39, 0.29) is 5.25 Å². The summed E-state index contributed by atoms with van der Waals surface area (Å²) in [5.41, 5.74) is 0. The van der Waals surface area contributed by atoms with Crippen molar-refractivity contribution in [2.45, 2.75) is 30.3 Å². The number of thiol groups is 1. The summed E-state index contributed by atoms with van der Waals surface area (Å²) in [6.07, 6.45) is 0.198. The van der Waals surface area contributed by atoms with Crippen molar-refractivity contribution in [3.63, 3.8) is 0 Å². The van der Waals surface area contributed by atoms with Gasteiger partial charge in [0.15, 0.2) is 0 Å². The third kappa shape index (κ3) is 1.16. The molecular weight excluding hydrogens is 124 g/mol.